The third-order valence-corrected chi connectivity index (χ3v) is 4.91. The lowest BCUT2D eigenvalue weighted by Gasteiger charge is -2.31. The summed E-state index contributed by atoms with van der Waals surface area (Å²) in [6, 6.07) is 12.9. The SMILES string of the molecule is CCN(C)CCC(C)N(Cc1ccc(F)cc1)C(=O)NCc1ccc(O)cc1. The van der Waals surface area contributed by atoms with E-state index in [1.54, 1.807) is 41.3 Å². The lowest BCUT2D eigenvalue weighted by molar-refractivity contribution is 0.165. The summed E-state index contributed by atoms with van der Waals surface area (Å²) in [5.74, 6) is -0.0913. The fourth-order valence-corrected chi connectivity index (χ4v) is 2.83. The number of amides is 2. The third kappa shape index (κ3) is 6.85. The number of rotatable bonds is 9. The molecule has 0 spiro atoms. The number of phenolic OH excluding ortho intramolecular Hbond substituents is 1. The molecule has 2 amide bonds. The Hall–Kier alpha value is -2.60. The highest BCUT2D eigenvalue weighted by Gasteiger charge is 2.20. The molecule has 0 aromatic heterocycles. The number of nitrogens with zero attached hydrogens (tertiary/aromatic N) is 2. The number of benzene rings is 2. The first kappa shape index (κ1) is 21.7. The Morgan fingerprint density at radius 1 is 1.11 bits per heavy atom. The molecule has 2 aromatic carbocycles. The van der Waals surface area contributed by atoms with Crippen LogP contribution in [0.4, 0.5) is 9.18 Å². The first-order valence-corrected chi connectivity index (χ1v) is 9.64. The Bertz CT molecular complexity index is 734. The third-order valence-electron chi connectivity index (χ3n) is 4.91. The van der Waals surface area contributed by atoms with Crippen LogP contribution >= 0.6 is 0 Å². The molecule has 0 bridgehead atoms. The minimum Gasteiger partial charge on any atom is -0.508 e. The second-order valence-electron chi connectivity index (χ2n) is 7.11. The zero-order chi connectivity index (χ0) is 20.5. The topological polar surface area (TPSA) is 55.8 Å². The molecule has 6 heteroatoms. The molecular weight excluding hydrogens is 357 g/mol. The van der Waals surface area contributed by atoms with E-state index in [4.69, 9.17) is 0 Å². The first-order valence-electron chi connectivity index (χ1n) is 9.64. The van der Waals surface area contributed by atoms with Crippen molar-refractivity contribution >= 4 is 6.03 Å². The van der Waals surface area contributed by atoms with Gasteiger partial charge in [-0.1, -0.05) is 31.2 Å². The Morgan fingerprint density at radius 2 is 1.71 bits per heavy atom. The molecule has 0 saturated carbocycles. The van der Waals surface area contributed by atoms with Gasteiger partial charge in [0.2, 0.25) is 0 Å². The van der Waals surface area contributed by atoms with Crippen LogP contribution in [0.15, 0.2) is 48.5 Å². The normalized spacial score (nSPS) is 12.0. The van der Waals surface area contributed by atoms with Crippen molar-refractivity contribution in [2.24, 2.45) is 0 Å². The Kier molecular flexibility index (Phi) is 8.26. The van der Waals surface area contributed by atoms with Crippen molar-refractivity contribution in [3.05, 3.63) is 65.5 Å². The summed E-state index contributed by atoms with van der Waals surface area (Å²) in [7, 11) is 2.06. The molecule has 1 atom stereocenters. The van der Waals surface area contributed by atoms with Crippen LogP contribution in [-0.2, 0) is 13.1 Å². The molecule has 0 radical (unpaired) electrons. The smallest absolute Gasteiger partial charge is 0.318 e. The van der Waals surface area contributed by atoms with Crippen LogP contribution in [0.3, 0.4) is 0 Å². The fourth-order valence-electron chi connectivity index (χ4n) is 2.83. The van der Waals surface area contributed by atoms with E-state index in [0.29, 0.717) is 13.1 Å². The Morgan fingerprint density at radius 3 is 2.32 bits per heavy atom. The van der Waals surface area contributed by atoms with Crippen LogP contribution < -0.4 is 5.32 Å². The molecule has 0 fully saturated rings. The summed E-state index contributed by atoms with van der Waals surface area (Å²) in [4.78, 5) is 16.9. The molecule has 152 valence electrons. The van der Waals surface area contributed by atoms with Gasteiger partial charge in [0.15, 0.2) is 0 Å². The van der Waals surface area contributed by atoms with Crippen LogP contribution in [0.25, 0.3) is 0 Å². The zero-order valence-electron chi connectivity index (χ0n) is 16.9. The van der Waals surface area contributed by atoms with Crippen LogP contribution in [0.5, 0.6) is 5.75 Å². The van der Waals surface area contributed by atoms with Gasteiger partial charge < -0.3 is 20.2 Å². The number of hydrogen-bond acceptors (Lipinski definition) is 3. The van der Waals surface area contributed by atoms with Crippen LogP contribution in [-0.4, -0.2) is 47.1 Å². The van der Waals surface area contributed by atoms with Crippen molar-refractivity contribution in [1.82, 2.24) is 15.1 Å². The van der Waals surface area contributed by atoms with Gasteiger partial charge in [0.25, 0.3) is 0 Å². The average Bonchev–Trinajstić information content (AvgIpc) is 2.70. The minimum absolute atomic E-state index is 0.0267. The van der Waals surface area contributed by atoms with Gasteiger partial charge in [-0.15, -0.1) is 0 Å². The second-order valence-corrected chi connectivity index (χ2v) is 7.11. The maximum atomic E-state index is 13.2. The molecule has 5 nitrogen and oxygen atoms in total. The Labute approximate surface area is 166 Å². The number of phenols is 1. The number of aromatic hydroxyl groups is 1. The summed E-state index contributed by atoms with van der Waals surface area (Å²) in [6.45, 7) is 6.78. The maximum Gasteiger partial charge on any atom is 0.318 e. The molecule has 0 aliphatic carbocycles. The molecule has 0 aliphatic heterocycles. The maximum absolute atomic E-state index is 13.2. The number of urea groups is 1. The molecule has 28 heavy (non-hydrogen) atoms. The summed E-state index contributed by atoms with van der Waals surface area (Å²) >= 11 is 0. The lowest BCUT2D eigenvalue weighted by atomic mass is 10.1. The summed E-state index contributed by atoms with van der Waals surface area (Å²) < 4.78 is 13.2. The Balaban J connectivity index is 2.05. The summed E-state index contributed by atoms with van der Waals surface area (Å²) in [5, 5.41) is 12.3. The van der Waals surface area contributed by atoms with Gasteiger partial charge in [0.1, 0.15) is 11.6 Å². The standard InChI is InChI=1S/C22H30FN3O2/c1-4-25(3)14-13-17(2)26(16-19-5-9-20(23)10-6-19)22(28)24-15-18-7-11-21(27)12-8-18/h5-12,17,27H,4,13-16H2,1-3H3,(H,24,28). The average molecular weight is 387 g/mol. The highest BCUT2D eigenvalue weighted by Crippen LogP contribution is 2.14. The number of hydrogen-bond donors (Lipinski definition) is 2. The molecule has 2 rings (SSSR count). The molecular formula is C22H30FN3O2. The zero-order valence-corrected chi connectivity index (χ0v) is 16.9. The van der Waals surface area contributed by atoms with Crippen molar-refractivity contribution in [2.75, 3.05) is 20.1 Å². The second kappa shape index (κ2) is 10.7. The van der Waals surface area contributed by atoms with E-state index in [2.05, 4.69) is 24.2 Å². The molecule has 2 aromatic rings. The van der Waals surface area contributed by atoms with E-state index < -0.39 is 0 Å². The van der Waals surface area contributed by atoms with Crippen molar-refractivity contribution in [3.63, 3.8) is 0 Å². The van der Waals surface area contributed by atoms with E-state index in [1.165, 1.54) is 12.1 Å². The molecule has 0 saturated heterocycles. The van der Waals surface area contributed by atoms with Gasteiger partial charge >= 0.3 is 6.03 Å². The van der Waals surface area contributed by atoms with Crippen molar-refractivity contribution < 1.29 is 14.3 Å². The summed E-state index contributed by atoms with van der Waals surface area (Å²) in [6.07, 6.45) is 0.845. The minimum atomic E-state index is -0.287. The largest absolute Gasteiger partial charge is 0.508 e. The summed E-state index contributed by atoms with van der Waals surface area (Å²) in [5.41, 5.74) is 1.79. The molecule has 2 N–H and O–H groups in total. The number of halogens is 1. The predicted octanol–water partition coefficient (Wildman–Crippen LogP) is 3.97. The van der Waals surface area contributed by atoms with E-state index >= 15 is 0 Å². The predicted molar refractivity (Wildman–Crippen MR) is 110 cm³/mol. The fraction of sp³-hybridized carbons (Fsp3) is 0.409. The quantitative estimate of drug-likeness (QED) is 0.684. The van der Waals surface area contributed by atoms with Gasteiger partial charge in [0, 0.05) is 19.1 Å². The number of nitrogens with one attached hydrogen (secondary N) is 1. The van der Waals surface area contributed by atoms with Gasteiger partial charge in [-0.25, -0.2) is 9.18 Å². The van der Waals surface area contributed by atoms with Gasteiger partial charge in [-0.05, 0) is 68.9 Å². The van der Waals surface area contributed by atoms with E-state index in [0.717, 1.165) is 30.6 Å². The van der Waals surface area contributed by atoms with Gasteiger partial charge in [-0.2, -0.15) is 0 Å². The molecule has 0 aliphatic rings. The lowest BCUT2D eigenvalue weighted by Crippen LogP contribution is -2.45. The van der Waals surface area contributed by atoms with Crippen molar-refractivity contribution in [2.45, 2.75) is 39.4 Å². The van der Waals surface area contributed by atoms with E-state index in [-0.39, 0.29) is 23.6 Å². The van der Waals surface area contributed by atoms with Crippen LogP contribution in [0.1, 0.15) is 31.4 Å². The van der Waals surface area contributed by atoms with Crippen LogP contribution in [0, 0.1) is 5.82 Å². The monoisotopic (exact) mass is 387 g/mol. The molecule has 1 unspecified atom stereocenters. The first-order chi connectivity index (χ1) is 13.4. The number of carbonyl (C=O) groups excluding carboxylic acids is 1. The highest BCUT2D eigenvalue weighted by atomic mass is 19.1. The molecule has 0 heterocycles. The van der Waals surface area contributed by atoms with Crippen LogP contribution in [0.2, 0.25) is 0 Å². The van der Waals surface area contributed by atoms with Crippen molar-refractivity contribution in [1.29, 1.82) is 0 Å². The van der Waals surface area contributed by atoms with Crippen molar-refractivity contribution in [3.8, 4) is 5.75 Å². The van der Waals surface area contributed by atoms with Gasteiger partial charge in [0.05, 0.1) is 0 Å². The van der Waals surface area contributed by atoms with E-state index in [9.17, 15) is 14.3 Å². The van der Waals surface area contributed by atoms with Gasteiger partial charge in [-0.3, -0.25) is 0 Å². The van der Waals surface area contributed by atoms with E-state index in [1.807, 2.05) is 6.92 Å². The number of carbonyl (C=O) groups is 1. The highest BCUT2D eigenvalue weighted by molar-refractivity contribution is 5.74.